The molecule has 1 aliphatic rings. The predicted molar refractivity (Wildman–Crippen MR) is 100 cm³/mol. The molecule has 0 N–H and O–H groups in total. The van der Waals surface area contributed by atoms with Crippen LogP contribution in [0.1, 0.15) is 24.5 Å². The van der Waals surface area contributed by atoms with E-state index in [1.165, 1.54) is 5.56 Å². The van der Waals surface area contributed by atoms with Crippen LogP contribution in [0, 0.1) is 17.2 Å². The Morgan fingerprint density at radius 1 is 1.19 bits per heavy atom. The number of hydrogen-bond donors (Lipinski definition) is 0. The normalized spacial score (nSPS) is 16.9. The zero-order valence-corrected chi connectivity index (χ0v) is 14.9. The van der Waals surface area contributed by atoms with Gasteiger partial charge in [0.2, 0.25) is 0 Å². The van der Waals surface area contributed by atoms with Gasteiger partial charge in [-0.05, 0) is 65.8 Å². The zero-order chi connectivity index (χ0) is 18.5. The highest BCUT2D eigenvalue weighted by Gasteiger charge is 2.30. The molecule has 0 fully saturated rings. The van der Waals surface area contributed by atoms with Gasteiger partial charge in [-0.3, -0.25) is 9.78 Å². The number of methoxy groups -OCH3 is 1. The Labute approximate surface area is 153 Å². The summed E-state index contributed by atoms with van der Waals surface area (Å²) >= 11 is 0. The second kappa shape index (κ2) is 7.79. The molecule has 0 spiro atoms. The number of rotatable bonds is 5. The third kappa shape index (κ3) is 3.57. The third-order valence-electron chi connectivity index (χ3n) is 4.72. The highest BCUT2D eigenvalue weighted by atomic mass is 16.5. The molecule has 130 valence electrons. The van der Waals surface area contributed by atoms with Crippen LogP contribution in [0.4, 0.5) is 0 Å². The largest absolute Gasteiger partial charge is 0.497 e. The predicted octanol–water partition coefficient (Wildman–Crippen LogP) is 4.15. The number of aromatic nitrogens is 1. The van der Waals surface area contributed by atoms with Gasteiger partial charge in [0.25, 0.3) is 0 Å². The molecule has 0 saturated heterocycles. The Balaban J connectivity index is 1.87. The molecule has 4 heteroatoms. The molecule has 4 nitrogen and oxygen atoms in total. The summed E-state index contributed by atoms with van der Waals surface area (Å²) in [4.78, 5) is 16.8. The van der Waals surface area contributed by atoms with Crippen molar-refractivity contribution in [1.29, 1.82) is 5.26 Å². The lowest BCUT2D eigenvalue weighted by Gasteiger charge is -2.21. The van der Waals surface area contributed by atoms with Crippen molar-refractivity contribution in [2.24, 2.45) is 5.92 Å². The number of carbonyl (C=O) groups is 1. The van der Waals surface area contributed by atoms with Gasteiger partial charge in [0.1, 0.15) is 11.7 Å². The first-order valence-corrected chi connectivity index (χ1v) is 8.52. The summed E-state index contributed by atoms with van der Waals surface area (Å²) in [6.45, 7) is 1.81. The average molecular weight is 344 g/mol. The lowest BCUT2D eigenvalue weighted by molar-refractivity contribution is -0.116. The van der Waals surface area contributed by atoms with E-state index >= 15 is 0 Å². The molecule has 0 bridgehead atoms. The Hall–Kier alpha value is -3.19. The number of hydrogen-bond acceptors (Lipinski definition) is 4. The van der Waals surface area contributed by atoms with Crippen LogP contribution >= 0.6 is 0 Å². The van der Waals surface area contributed by atoms with Crippen molar-refractivity contribution in [3.63, 3.8) is 0 Å². The molecule has 0 amide bonds. The highest BCUT2D eigenvalue weighted by Crippen LogP contribution is 2.34. The van der Waals surface area contributed by atoms with Crippen molar-refractivity contribution >= 4 is 11.4 Å². The van der Waals surface area contributed by atoms with Crippen LogP contribution in [0.25, 0.3) is 5.57 Å². The maximum absolute atomic E-state index is 12.7. The Morgan fingerprint density at radius 2 is 1.96 bits per heavy atom. The van der Waals surface area contributed by atoms with Gasteiger partial charge in [-0.25, -0.2) is 0 Å². The molecular weight excluding hydrogens is 324 g/mol. The first-order chi connectivity index (χ1) is 12.6. The number of ether oxygens (including phenoxy) is 1. The van der Waals surface area contributed by atoms with Gasteiger partial charge in [-0.2, -0.15) is 5.26 Å². The molecule has 2 aromatic rings. The van der Waals surface area contributed by atoms with E-state index in [9.17, 15) is 10.1 Å². The maximum atomic E-state index is 12.7. The van der Waals surface area contributed by atoms with E-state index in [0.717, 1.165) is 35.3 Å². The first-order valence-electron chi connectivity index (χ1n) is 8.52. The number of allylic oxidation sites excluding steroid dienone is 4. The van der Waals surface area contributed by atoms with E-state index in [1.807, 2.05) is 49.4 Å². The van der Waals surface area contributed by atoms with Crippen molar-refractivity contribution < 1.29 is 9.53 Å². The van der Waals surface area contributed by atoms with Crippen LogP contribution in [-0.2, 0) is 11.2 Å². The molecule has 1 heterocycles. The number of pyridine rings is 1. The average Bonchev–Trinajstić information content (AvgIpc) is 2.70. The fourth-order valence-corrected chi connectivity index (χ4v) is 3.14. The van der Waals surface area contributed by atoms with Crippen LogP contribution in [-0.4, -0.2) is 17.9 Å². The molecule has 1 aromatic heterocycles. The van der Waals surface area contributed by atoms with Gasteiger partial charge in [-0.1, -0.05) is 24.3 Å². The van der Waals surface area contributed by atoms with Gasteiger partial charge in [0, 0.05) is 12.4 Å². The van der Waals surface area contributed by atoms with Crippen LogP contribution < -0.4 is 4.74 Å². The number of ketones is 1. The molecule has 1 aromatic carbocycles. The quantitative estimate of drug-likeness (QED) is 0.817. The lowest BCUT2D eigenvalue weighted by atomic mass is 9.79. The van der Waals surface area contributed by atoms with E-state index in [1.54, 1.807) is 19.5 Å². The summed E-state index contributed by atoms with van der Waals surface area (Å²) in [5, 5.41) is 9.49. The minimum absolute atomic E-state index is 0.112. The third-order valence-corrected chi connectivity index (χ3v) is 4.72. The highest BCUT2D eigenvalue weighted by molar-refractivity contribution is 6.09. The summed E-state index contributed by atoms with van der Waals surface area (Å²) in [7, 11) is 1.65. The molecule has 0 radical (unpaired) electrons. The fourth-order valence-electron chi connectivity index (χ4n) is 3.14. The van der Waals surface area contributed by atoms with Gasteiger partial charge in [0.05, 0.1) is 13.2 Å². The van der Waals surface area contributed by atoms with Crippen LogP contribution in [0.5, 0.6) is 5.75 Å². The van der Waals surface area contributed by atoms with Gasteiger partial charge >= 0.3 is 0 Å². The number of Topliss-reactive ketones (excluding diaryl/α,β-unsaturated/α-hetero) is 1. The number of carbonyl (C=O) groups excluding carboxylic acids is 1. The van der Waals surface area contributed by atoms with E-state index in [-0.39, 0.29) is 5.78 Å². The monoisotopic (exact) mass is 344 g/mol. The molecule has 1 unspecified atom stereocenters. The molecule has 1 atom stereocenters. The fraction of sp³-hybridized carbons (Fsp3) is 0.227. The minimum Gasteiger partial charge on any atom is -0.497 e. The summed E-state index contributed by atoms with van der Waals surface area (Å²) < 4.78 is 5.18. The summed E-state index contributed by atoms with van der Waals surface area (Å²) in [6, 6.07) is 13.8. The molecule has 3 rings (SSSR count). The summed E-state index contributed by atoms with van der Waals surface area (Å²) in [5.74, 6) is -0.0462. The van der Waals surface area contributed by atoms with Crippen molar-refractivity contribution in [2.45, 2.75) is 19.8 Å². The minimum atomic E-state index is -0.760. The molecule has 1 aliphatic carbocycles. The smallest absolute Gasteiger partial charge is 0.180 e. The molecule has 0 saturated carbocycles. The van der Waals surface area contributed by atoms with E-state index in [0.29, 0.717) is 5.57 Å². The molecule has 0 aliphatic heterocycles. The Kier molecular flexibility index (Phi) is 5.28. The second-order valence-corrected chi connectivity index (χ2v) is 6.27. The first kappa shape index (κ1) is 17.6. The van der Waals surface area contributed by atoms with Crippen LogP contribution in [0.2, 0.25) is 0 Å². The number of aryl methyl sites for hydroxylation is 1. The van der Waals surface area contributed by atoms with Crippen LogP contribution in [0.15, 0.2) is 66.0 Å². The Morgan fingerprint density at radius 3 is 2.58 bits per heavy atom. The Bertz CT molecular complexity index is 903. The van der Waals surface area contributed by atoms with E-state index in [4.69, 9.17) is 4.74 Å². The number of nitriles is 1. The van der Waals surface area contributed by atoms with Crippen molar-refractivity contribution in [2.75, 3.05) is 7.11 Å². The molecular formula is C22H20N2O2. The topological polar surface area (TPSA) is 63.0 Å². The maximum Gasteiger partial charge on any atom is 0.180 e. The van der Waals surface area contributed by atoms with Gasteiger partial charge < -0.3 is 4.74 Å². The van der Waals surface area contributed by atoms with Crippen LogP contribution in [0.3, 0.4) is 0 Å². The number of benzene rings is 1. The summed E-state index contributed by atoms with van der Waals surface area (Å²) in [5.41, 5.74) is 4.40. The van der Waals surface area contributed by atoms with E-state index < -0.39 is 5.92 Å². The SMILES string of the molecule is COc1ccc(CCC2=C(C)C(=O)C(C#N)C(c3cccnc3)=C2)cc1. The second-order valence-electron chi connectivity index (χ2n) is 6.27. The van der Waals surface area contributed by atoms with E-state index in [2.05, 4.69) is 11.1 Å². The van der Waals surface area contributed by atoms with Gasteiger partial charge in [0.15, 0.2) is 5.78 Å². The zero-order valence-electron chi connectivity index (χ0n) is 14.9. The molecule has 26 heavy (non-hydrogen) atoms. The van der Waals surface area contributed by atoms with Crippen molar-refractivity contribution in [3.8, 4) is 11.8 Å². The standard InChI is InChI=1S/C22H20N2O2/c1-15-17(8-5-16-6-9-19(26-2)10-7-16)12-20(21(13-23)22(15)25)18-4-3-11-24-14-18/h3-4,6-7,9-12,14,21H,5,8H2,1-2H3. The summed E-state index contributed by atoms with van der Waals surface area (Å²) in [6.07, 6.45) is 6.93. The van der Waals surface area contributed by atoms with Crippen molar-refractivity contribution in [1.82, 2.24) is 4.98 Å². The number of nitrogens with zero attached hydrogens (tertiary/aromatic N) is 2. The van der Waals surface area contributed by atoms with Gasteiger partial charge in [-0.15, -0.1) is 0 Å². The lowest BCUT2D eigenvalue weighted by Crippen LogP contribution is -2.21. The van der Waals surface area contributed by atoms with Crippen molar-refractivity contribution in [3.05, 3.63) is 77.1 Å².